The predicted octanol–water partition coefficient (Wildman–Crippen LogP) is 3.35. The zero-order valence-electron chi connectivity index (χ0n) is 11.8. The lowest BCUT2D eigenvalue weighted by Crippen LogP contribution is -2.11. The average molecular weight is 385 g/mol. The first-order valence-electron chi connectivity index (χ1n) is 6.37. The summed E-state index contributed by atoms with van der Waals surface area (Å²) in [6, 6.07) is 4.75. The second-order valence-corrected chi connectivity index (χ2v) is 6.10. The number of hydrogen-bond acceptors (Lipinski definition) is 6. The minimum atomic E-state index is -0.511. The molecule has 1 aromatic carbocycles. The van der Waals surface area contributed by atoms with Gasteiger partial charge in [-0.1, -0.05) is 17.4 Å². The number of carbonyl (C=O) groups is 2. The number of ether oxygens (including phenoxy) is 1. The maximum absolute atomic E-state index is 12.2. The number of aryl methyl sites for hydroxylation is 1. The molecule has 2 aromatic rings. The summed E-state index contributed by atoms with van der Waals surface area (Å²) in [6.45, 7) is 3.64. The highest BCUT2D eigenvalue weighted by Crippen LogP contribution is 2.29. The number of rotatable bonds is 4. The van der Waals surface area contributed by atoms with E-state index in [2.05, 4.69) is 26.2 Å². The van der Waals surface area contributed by atoms with Crippen molar-refractivity contribution in [3.63, 3.8) is 0 Å². The van der Waals surface area contributed by atoms with Crippen molar-refractivity contribution in [3.05, 3.63) is 38.8 Å². The van der Waals surface area contributed by atoms with Gasteiger partial charge in [0.05, 0.1) is 22.3 Å². The Hall–Kier alpha value is -1.93. The van der Waals surface area contributed by atoms with E-state index in [4.69, 9.17) is 4.74 Å². The van der Waals surface area contributed by atoms with Crippen LogP contribution >= 0.6 is 27.3 Å². The highest BCUT2D eigenvalue weighted by Gasteiger charge is 2.19. The number of nitrogens with zero attached hydrogens (tertiary/aromatic N) is 1. The maximum atomic E-state index is 12.2. The van der Waals surface area contributed by atoms with Crippen LogP contribution in [0.3, 0.4) is 0 Å². The molecule has 0 bridgehead atoms. The number of para-hydroxylation sites is 1. The van der Waals surface area contributed by atoms with Crippen molar-refractivity contribution < 1.29 is 19.4 Å². The standard InChI is InChI=1S/C14H13BrN2O4S/c1-3-21-13(20)11-7(2)16-14(22-11)17-12(19)8-5-4-6-9(15)10(8)18/h4-6,18H,3H2,1-2H3,(H,16,17,19). The van der Waals surface area contributed by atoms with Crippen molar-refractivity contribution in [2.24, 2.45) is 0 Å². The molecule has 0 aliphatic carbocycles. The van der Waals surface area contributed by atoms with Gasteiger partial charge in [-0.3, -0.25) is 10.1 Å². The minimum Gasteiger partial charge on any atom is -0.506 e. The van der Waals surface area contributed by atoms with Crippen molar-refractivity contribution in [1.29, 1.82) is 0 Å². The van der Waals surface area contributed by atoms with E-state index < -0.39 is 11.9 Å². The lowest BCUT2D eigenvalue weighted by atomic mass is 10.2. The number of amides is 1. The minimum absolute atomic E-state index is 0.111. The fraction of sp³-hybridized carbons (Fsp3) is 0.214. The summed E-state index contributed by atoms with van der Waals surface area (Å²) in [5, 5.41) is 12.7. The highest BCUT2D eigenvalue weighted by atomic mass is 79.9. The van der Waals surface area contributed by atoms with Gasteiger partial charge in [-0.25, -0.2) is 9.78 Å². The molecule has 0 radical (unpaired) electrons. The number of esters is 1. The number of aromatic hydroxyl groups is 1. The second-order valence-electron chi connectivity index (χ2n) is 4.24. The number of nitrogens with one attached hydrogen (secondary N) is 1. The van der Waals surface area contributed by atoms with Gasteiger partial charge in [-0.05, 0) is 41.9 Å². The van der Waals surface area contributed by atoms with Gasteiger partial charge >= 0.3 is 5.97 Å². The molecule has 116 valence electrons. The largest absolute Gasteiger partial charge is 0.506 e. The van der Waals surface area contributed by atoms with Crippen LogP contribution in [0.15, 0.2) is 22.7 Å². The Labute approximate surface area is 139 Å². The zero-order chi connectivity index (χ0) is 16.3. The Morgan fingerprint density at radius 2 is 2.18 bits per heavy atom. The first kappa shape index (κ1) is 16.4. The molecule has 0 saturated carbocycles. The maximum Gasteiger partial charge on any atom is 0.350 e. The SMILES string of the molecule is CCOC(=O)c1sc(NC(=O)c2cccc(Br)c2O)nc1C. The number of thiazole rings is 1. The van der Waals surface area contributed by atoms with E-state index in [0.29, 0.717) is 15.0 Å². The third kappa shape index (κ3) is 3.45. The molecule has 0 aliphatic rings. The molecular formula is C14H13BrN2O4S. The molecule has 8 heteroatoms. The second kappa shape index (κ2) is 6.89. The van der Waals surface area contributed by atoms with Crippen LogP contribution in [-0.4, -0.2) is 28.6 Å². The number of phenolic OH excluding ortho intramolecular Hbond substituents is 1. The van der Waals surface area contributed by atoms with Crippen LogP contribution < -0.4 is 5.32 Å². The zero-order valence-corrected chi connectivity index (χ0v) is 14.2. The van der Waals surface area contributed by atoms with E-state index in [-0.39, 0.29) is 23.1 Å². The Morgan fingerprint density at radius 3 is 2.86 bits per heavy atom. The first-order chi connectivity index (χ1) is 10.4. The van der Waals surface area contributed by atoms with Gasteiger partial charge in [0, 0.05) is 0 Å². The van der Waals surface area contributed by atoms with Crippen LogP contribution in [0.2, 0.25) is 0 Å². The summed E-state index contributed by atoms with van der Waals surface area (Å²) in [6.07, 6.45) is 0. The van der Waals surface area contributed by atoms with Crippen LogP contribution in [0.1, 0.15) is 32.6 Å². The Morgan fingerprint density at radius 1 is 1.45 bits per heavy atom. The van der Waals surface area contributed by atoms with Gasteiger partial charge in [-0.2, -0.15) is 0 Å². The van der Waals surface area contributed by atoms with Crippen molar-refractivity contribution >= 4 is 44.3 Å². The lowest BCUT2D eigenvalue weighted by molar-refractivity contribution is 0.0531. The number of benzene rings is 1. The molecule has 0 unspecified atom stereocenters. The number of anilines is 1. The summed E-state index contributed by atoms with van der Waals surface area (Å²) in [5.74, 6) is -1.13. The molecule has 1 heterocycles. The molecule has 6 nitrogen and oxygen atoms in total. The van der Waals surface area contributed by atoms with E-state index in [0.717, 1.165) is 11.3 Å². The van der Waals surface area contributed by atoms with E-state index in [1.165, 1.54) is 6.07 Å². The van der Waals surface area contributed by atoms with Gasteiger partial charge in [0.1, 0.15) is 10.6 Å². The third-order valence-electron chi connectivity index (χ3n) is 2.71. The average Bonchev–Trinajstić information content (AvgIpc) is 2.82. The Bertz CT molecular complexity index is 730. The van der Waals surface area contributed by atoms with E-state index in [9.17, 15) is 14.7 Å². The van der Waals surface area contributed by atoms with E-state index >= 15 is 0 Å². The van der Waals surface area contributed by atoms with Crippen LogP contribution in [0.25, 0.3) is 0 Å². The summed E-state index contributed by atoms with van der Waals surface area (Å²) >= 11 is 4.18. The van der Waals surface area contributed by atoms with Crippen molar-refractivity contribution in [3.8, 4) is 5.75 Å². The van der Waals surface area contributed by atoms with Crippen molar-refractivity contribution in [2.45, 2.75) is 13.8 Å². The van der Waals surface area contributed by atoms with Gasteiger partial charge in [0.15, 0.2) is 5.13 Å². The molecule has 0 fully saturated rings. The van der Waals surface area contributed by atoms with Crippen molar-refractivity contribution in [1.82, 2.24) is 4.98 Å². The van der Waals surface area contributed by atoms with Crippen LogP contribution in [0.5, 0.6) is 5.75 Å². The topological polar surface area (TPSA) is 88.5 Å². The summed E-state index contributed by atoms with van der Waals surface area (Å²) in [7, 11) is 0. The smallest absolute Gasteiger partial charge is 0.350 e. The molecule has 0 atom stereocenters. The van der Waals surface area contributed by atoms with Gasteiger partial charge in [0.25, 0.3) is 5.91 Å². The molecule has 1 aromatic heterocycles. The first-order valence-corrected chi connectivity index (χ1v) is 7.98. The number of carbonyl (C=O) groups excluding carboxylic acids is 2. The normalized spacial score (nSPS) is 10.3. The Kier molecular flexibility index (Phi) is 5.15. The molecule has 22 heavy (non-hydrogen) atoms. The number of phenols is 1. The molecule has 2 rings (SSSR count). The third-order valence-corrected chi connectivity index (χ3v) is 4.40. The Balaban J connectivity index is 2.21. The highest BCUT2D eigenvalue weighted by molar-refractivity contribution is 9.10. The molecular weight excluding hydrogens is 372 g/mol. The van der Waals surface area contributed by atoms with Crippen molar-refractivity contribution in [2.75, 3.05) is 11.9 Å². The summed E-state index contributed by atoms with van der Waals surface area (Å²) in [4.78, 5) is 28.4. The molecule has 0 aliphatic heterocycles. The fourth-order valence-corrected chi connectivity index (χ4v) is 2.92. The lowest BCUT2D eigenvalue weighted by Gasteiger charge is -2.05. The molecule has 0 spiro atoms. The number of aromatic nitrogens is 1. The summed E-state index contributed by atoms with van der Waals surface area (Å²) in [5.41, 5.74) is 0.595. The van der Waals surface area contributed by atoms with Crippen LogP contribution in [0, 0.1) is 6.92 Å². The van der Waals surface area contributed by atoms with E-state index in [1.54, 1.807) is 26.0 Å². The quantitative estimate of drug-likeness (QED) is 0.788. The molecule has 0 saturated heterocycles. The van der Waals surface area contributed by atoms with Crippen LogP contribution in [-0.2, 0) is 4.74 Å². The van der Waals surface area contributed by atoms with Gasteiger partial charge < -0.3 is 9.84 Å². The monoisotopic (exact) mass is 384 g/mol. The number of halogens is 1. The predicted molar refractivity (Wildman–Crippen MR) is 86.6 cm³/mol. The number of hydrogen-bond donors (Lipinski definition) is 2. The summed E-state index contributed by atoms with van der Waals surface area (Å²) < 4.78 is 5.34. The van der Waals surface area contributed by atoms with Crippen LogP contribution in [0.4, 0.5) is 5.13 Å². The van der Waals surface area contributed by atoms with E-state index in [1.807, 2.05) is 0 Å². The molecule has 1 amide bonds. The van der Waals surface area contributed by atoms with Gasteiger partial charge in [0.2, 0.25) is 0 Å². The van der Waals surface area contributed by atoms with Gasteiger partial charge in [-0.15, -0.1) is 0 Å². The fourth-order valence-electron chi connectivity index (χ4n) is 1.70. The molecule has 2 N–H and O–H groups in total.